The second kappa shape index (κ2) is 8.44. The zero-order valence-corrected chi connectivity index (χ0v) is 13.6. The molecule has 1 N–H and O–H groups in total. The lowest BCUT2D eigenvalue weighted by atomic mass is 10.1. The summed E-state index contributed by atoms with van der Waals surface area (Å²) in [4.78, 5) is 17.3. The average Bonchev–Trinajstić information content (AvgIpc) is 2.54. The highest BCUT2D eigenvalue weighted by molar-refractivity contribution is 8.00. The molecule has 1 atom stereocenters. The summed E-state index contributed by atoms with van der Waals surface area (Å²) in [5, 5.41) is 3.00. The van der Waals surface area contributed by atoms with E-state index in [-0.39, 0.29) is 11.9 Å². The molecule has 0 unspecified atom stereocenters. The van der Waals surface area contributed by atoms with Crippen molar-refractivity contribution < 1.29 is 9.53 Å². The first kappa shape index (κ1) is 16.4. The lowest BCUT2D eigenvalue weighted by molar-refractivity contribution is -0.119. The molecule has 4 nitrogen and oxygen atoms in total. The Labute approximate surface area is 135 Å². The molecule has 1 aromatic carbocycles. The minimum absolute atomic E-state index is 0.0243. The van der Waals surface area contributed by atoms with Crippen LogP contribution in [0.4, 0.5) is 0 Å². The number of nitrogens with zero attached hydrogens (tertiary/aromatic N) is 1. The summed E-state index contributed by atoms with van der Waals surface area (Å²) in [5.74, 6) is 1.21. The van der Waals surface area contributed by atoms with Gasteiger partial charge in [0.15, 0.2) is 0 Å². The molecule has 0 saturated carbocycles. The van der Waals surface area contributed by atoms with Crippen LogP contribution in [0.5, 0.6) is 5.75 Å². The molecule has 0 aliphatic heterocycles. The van der Waals surface area contributed by atoms with Crippen LogP contribution in [0, 0.1) is 0 Å². The predicted octanol–water partition coefficient (Wildman–Crippen LogP) is 2.93. The van der Waals surface area contributed by atoms with Crippen molar-refractivity contribution in [1.29, 1.82) is 0 Å². The molecular weight excluding hydrogens is 296 g/mol. The van der Waals surface area contributed by atoms with E-state index in [0.717, 1.165) is 22.8 Å². The van der Waals surface area contributed by atoms with Crippen molar-refractivity contribution in [2.24, 2.45) is 0 Å². The van der Waals surface area contributed by atoms with E-state index in [9.17, 15) is 4.79 Å². The molecule has 1 amide bonds. The standard InChI is InChI=1S/C17H20N2O2S/c1-13(10-14-6-3-4-9-18-14)19-17(20)12-22-16-8-5-7-15(11-16)21-2/h3-9,11,13H,10,12H2,1-2H3,(H,19,20)/t13-/m1/s1. The highest BCUT2D eigenvalue weighted by atomic mass is 32.2. The van der Waals surface area contributed by atoms with Gasteiger partial charge in [-0.25, -0.2) is 0 Å². The van der Waals surface area contributed by atoms with Gasteiger partial charge in [-0.2, -0.15) is 0 Å². The summed E-state index contributed by atoms with van der Waals surface area (Å²) in [6.45, 7) is 1.99. The van der Waals surface area contributed by atoms with Crippen LogP contribution in [0.2, 0.25) is 0 Å². The van der Waals surface area contributed by atoms with Crippen LogP contribution >= 0.6 is 11.8 Å². The number of pyridine rings is 1. The van der Waals surface area contributed by atoms with Crippen LogP contribution in [-0.4, -0.2) is 29.8 Å². The first-order valence-electron chi connectivity index (χ1n) is 7.13. The maximum atomic E-state index is 12.0. The van der Waals surface area contributed by atoms with Crippen molar-refractivity contribution in [2.45, 2.75) is 24.3 Å². The topological polar surface area (TPSA) is 51.2 Å². The van der Waals surface area contributed by atoms with Gasteiger partial charge < -0.3 is 10.1 Å². The summed E-state index contributed by atoms with van der Waals surface area (Å²) < 4.78 is 5.17. The smallest absolute Gasteiger partial charge is 0.230 e. The highest BCUT2D eigenvalue weighted by Crippen LogP contribution is 2.22. The van der Waals surface area contributed by atoms with E-state index in [4.69, 9.17) is 4.74 Å². The number of aromatic nitrogens is 1. The molecule has 0 aliphatic rings. The third-order valence-corrected chi connectivity index (χ3v) is 4.05. The molecule has 2 rings (SSSR count). The van der Waals surface area contributed by atoms with Crippen LogP contribution in [0.25, 0.3) is 0 Å². The van der Waals surface area contributed by atoms with Gasteiger partial charge in [0.2, 0.25) is 5.91 Å². The summed E-state index contributed by atoms with van der Waals surface area (Å²) in [5.41, 5.74) is 0.982. The molecule has 0 spiro atoms. The fourth-order valence-corrected chi connectivity index (χ4v) is 2.80. The number of thioether (sulfide) groups is 1. The second-order valence-corrected chi connectivity index (χ2v) is 6.01. The summed E-state index contributed by atoms with van der Waals surface area (Å²) in [6.07, 6.45) is 2.50. The zero-order chi connectivity index (χ0) is 15.8. The van der Waals surface area contributed by atoms with Gasteiger partial charge in [0.25, 0.3) is 0 Å². The van der Waals surface area contributed by atoms with Crippen LogP contribution < -0.4 is 10.1 Å². The zero-order valence-electron chi connectivity index (χ0n) is 12.8. The van der Waals surface area contributed by atoms with Crippen LogP contribution in [0.1, 0.15) is 12.6 Å². The van der Waals surface area contributed by atoms with E-state index < -0.39 is 0 Å². The van der Waals surface area contributed by atoms with E-state index in [1.54, 1.807) is 13.3 Å². The van der Waals surface area contributed by atoms with E-state index in [0.29, 0.717) is 5.75 Å². The van der Waals surface area contributed by atoms with E-state index in [2.05, 4.69) is 10.3 Å². The number of hydrogen-bond donors (Lipinski definition) is 1. The Hall–Kier alpha value is -2.01. The maximum Gasteiger partial charge on any atom is 0.230 e. The molecule has 22 heavy (non-hydrogen) atoms. The molecule has 0 bridgehead atoms. The summed E-state index contributed by atoms with van der Waals surface area (Å²) in [7, 11) is 1.63. The average molecular weight is 316 g/mol. The van der Waals surface area contributed by atoms with E-state index >= 15 is 0 Å². The Bertz CT molecular complexity index is 605. The quantitative estimate of drug-likeness (QED) is 0.798. The number of methoxy groups -OCH3 is 1. The van der Waals surface area contributed by atoms with Gasteiger partial charge >= 0.3 is 0 Å². The lowest BCUT2D eigenvalue weighted by Gasteiger charge is -2.13. The van der Waals surface area contributed by atoms with Crippen molar-refractivity contribution in [3.63, 3.8) is 0 Å². The number of rotatable bonds is 7. The highest BCUT2D eigenvalue weighted by Gasteiger charge is 2.09. The molecule has 0 aliphatic carbocycles. The van der Waals surface area contributed by atoms with Gasteiger partial charge in [0, 0.05) is 29.2 Å². The van der Waals surface area contributed by atoms with Crippen molar-refractivity contribution >= 4 is 17.7 Å². The number of carbonyl (C=O) groups excluding carboxylic acids is 1. The Morgan fingerprint density at radius 1 is 1.32 bits per heavy atom. The molecular formula is C17H20N2O2S. The monoisotopic (exact) mass is 316 g/mol. The number of nitrogens with one attached hydrogen (secondary N) is 1. The Morgan fingerprint density at radius 3 is 2.91 bits per heavy atom. The SMILES string of the molecule is COc1cccc(SCC(=O)N[C@H](C)Cc2ccccn2)c1. The number of ether oxygens (including phenoxy) is 1. The molecule has 0 radical (unpaired) electrons. The van der Waals surface area contributed by atoms with E-state index in [1.807, 2.05) is 49.4 Å². The van der Waals surface area contributed by atoms with Gasteiger partial charge in [0.05, 0.1) is 12.9 Å². The first-order chi connectivity index (χ1) is 10.7. The minimum Gasteiger partial charge on any atom is -0.497 e. The van der Waals surface area contributed by atoms with Gasteiger partial charge in [-0.15, -0.1) is 11.8 Å². The largest absolute Gasteiger partial charge is 0.497 e. The third-order valence-electron chi connectivity index (χ3n) is 3.06. The summed E-state index contributed by atoms with van der Waals surface area (Å²) in [6, 6.07) is 13.6. The summed E-state index contributed by atoms with van der Waals surface area (Å²) >= 11 is 1.50. The second-order valence-electron chi connectivity index (χ2n) is 4.96. The fourth-order valence-electron chi connectivity index (χ4n) is 2.04. The van der Waals surface area contributed by atoms with Crippen LogP contribution in [0.15, 0.2) is 53.6 Å². The first-order valence-corrected chi connectivity index (χ1v) is 8.12. The Kier molecular flexibility index (Phi) is 6.27. The molecule has 1 aromatic heterocycles. The number of hydrogen-bond acceptors (Lipinski definition) is 4. The van der Waals surface area contributed by atoms with Gasteiger partial charge in [-0.05, 0) is 37.3 Å². The maximum absolute atomic E-state index is 12.0. The molecule has 1 heterocycles. The van der Waals surface area contributed by atoms with Crippen LogP contribution in [0.3, 0.4) is 0 Å². The van der Waals surface area contributed by atoms with Crippen molar-refractivity contribution in [2.75, 3.05) is 12.9 Å². The molecule has 5 heteroatoms. The van der Waals surface area contributed by atoms with Crippen molar-refractivity contribution in [1.82, 2.24) is 10.3 Å². The lowest BCUT2D eigenvalue weighted by Crippen LogP contribution is -2.35. The minimum atomic E-state index is 0.0243. The van der Waals surface area contributed by atoms with E-state index in [1.165, 1.54) is 11.8 Å². The third kappa shape index (κ3) is 5.41. The number of carbonyl (C=O) groups is 1. The van der Waals surface area contributed by atoms with Gasteiger partial charge in [0.1, 0.15) is 5.75 Å². The van der Waals surface area contributed by atoms with Crippen molar-refractivity contribution in [3.05, 3.63) is 54.4 Å². The molecule has 0 saturated heterocycles. The predicted molar refractivity (Wildman–Crippen MR) is 89.3 cm³/mol. The fraction of sp³-hybridized carbons (Fsp3) is 0.294. The number of benzene rings is 1. The molecule has 0 fully saturated rings. The molecule has 116 valence electrons. The Morgan fingerprint density at radius 2 is 2.18 bits per heavy atom. The normalized spacial score (nSPS) is 11.7. The van der Waals surface area contributed by atoms with Gasteiger partial charge in [-0.3, -0.25) is 9.78 Å². The van der Waals surface area contributed by atoms with Crippen LogP contribution in [-0.2, 0) is 11.2 Å². The van der Waals surface area contributed by atoms with Gasteiger partial charge in [-0.1, -0.05) is 12.1 Å². The van der Waals surface area contributed by atoms with Crippen molar-refractivity contribution in [3.8, 4) is 5.75 Å². The number of amides is 1. The Balaban J connectivity index is 1.77. The molecule has 2 aromatic rings.